The molecule has 1 amide bonds. The van der Waals surface area contributed by atoms with Crippen LogP contribution in [0.3, 0.4) is 0 Å². The Bertz CT molecular complexity index is 533. The Morgan fingerprint density at radius 3 is 2.38 bits per heavy atom. The molecule has 2 fully saturated rings. The molecule has 1 aromatic heterocycles. The minimum atomic E-state index is 0.0510. The molecule has 2 heterocycles. The number of nitrogens with zero attached hydrogens (tertiary/aromatic N) is 3. The molecule has 0 unspecified atom stereocenters. The number of aryl methyl sites for hydroxylation is 2. The van der Waals surface area contributed by atoms with Crippen molar-refractivity contribution in [1.82, 2.24) is 14.7 Å². The highest BCUT2D eigenvalue weighted by atomic mass is 16.2. The monoisotopic (exact) mass is 290 g/mol. The first-order valence-corrected chi connectivity index (χ1v) is 8.17. The van der Waals surface area contributed by atoms with Gasteiger partial charge in [0.1, 0.15) is 5.69 Å². The Morgan fingerprint density at radius 2 is 1.86 bits per heavy atom. The van der Waals surface area contributed by atoms with Gasteiger partial charge in [-0.15, -0.1) is 0 Å². The maximum Gasteiger partial charge on any atom is 0.274 e. The number of nitrogen functional groups attached to an aromatic ring is 1. The zero-order valence-corrected chi connectivity index (χ0v) is 13.2. The van der Waals surface area contributed by atoms with Crippen molar-refractivity contribution < 1.29 is 4.79 Å². The summed E-state index contributed by atoms with van der Waals surface area (Å²) in [6.45, 7) is 3.74. The average Bonchev–Trinajstić information content (AvgIpc) is 3.04. The van der Waals surface area contributed by atoms with Crippen molar-refractivity contribution in [1.29, 1.82) is 0 Å². The summed E-state index contributed by atoms with van der Waals surface area (Å²) in [4.78, 5) is 14.7. The van der Waals surface area contributed by atoms with E-state index in [1.807, 2.05) is 18.9 Å². The predicted molar refractivity (Wildman–Crippen MR) is 83.0 cm³/mol. The van der Waals surface area contributed by atoms with E-state index >= 15 is 0 Å². The van der Waals surface area contributed by atoms with Crippen LogP contribution in [-0.4, -0.2) is 33.7 Å². The summed E-state index contributed by atoms with van der Waals surface area (Å²) in [6.07, 6.45) is 8.49. The fraction of sp³-hybridized carbons (Fsp3) is 0.750. The molecule has 0 aromatic carbocycles. The first-order valence-electron chi connectivity index (χ1n) is 8.17. The van der Waals surface area contributed by atoms with Crippen molar-refractivity contribution in [3.63, 3.8) is 0 Å². The zero-order chi connectivity index (χ0) is 15.0. The van der Waals surface area contributed by atoms with E-state index in [-0.39, 0.29) is 5.91 Å². The molecule has 5 heteroatoms. The molecule has 2 aliphatic rings. The van der Waals surface area contributed by atoms with Gasteiger partial charge in [-0.3, -0.25) is 9.48 Å². The van der Waals surface area contributed by atoms with Crippen LogP contribution in [0.5, 0.6) is 0 Å². The largest absolute Gasteiger partial charge is 0.395 e. The molecule has 21 heavy (non-hydrogen) atoms. The quantitative estimate of drug-likeness (QED) is 0.909. The molecule has 1 saturated carbocycles. The average molecular weight is 290 g/mol. The van der Waals surface area contributed by atoms with Crippen molar-refractivity contribution in [3.8, 4) is 0 Å². The van der Waals surface area contributed by atoms with Crippen LogP contribution in [0.1, 0.15) is 61.6 Å². The summed E-state index contributed by atoms with van der Waals surface area (Å²) in [7, 11) is 1.81. The van der Waals surface area contributed by atoms with Crippen molar-refractivity contribution in [3.05, 3.63) is 11.4 Å². The molecule has 0 radical (unpaired) electrons. The van der Waals surface area contributed by atoms with Gasteiger partial charge in [-0.25, -0.2) is 0 Å². The second kappa shape index (κ2) is 5.35. The van der Waals surface area contributed by atoms with Crippen molar-refractivity contribution >= 4 is 11.6 Å². The molecule has 5 nitrogen and oxygen atoms in total. The minimum absolute atomic E-state index is 0.0510. The number of carbonyl (C=O) groups excluding carboxylic acids is 1. The van der Waals surface area contributed by atoms with E-state index in [4.69, 9.17) is 5.73 Å². The molecule has 1 aromatic rings. The number of likely N-dealkylation sites (tertiary alicyclic amines) is 1. The van der Waals surface area contributed by atoms with Gasteiger partial charge in [-0.2, -0.15) is 5.10 Å². The molecular weight excluding hydrogens is 264 g/mol. The summed E-state index contributed by atoms with van der Waals surface area (Å²) in [6, 6.07) is 0. The maximum absolute atomic E-state index is 12.8. The van der Waals surface area contributed by atoms with E-state index in [2.05, 4.69) is 5.10 Å². The fourth-order valence-corrected chi connectivity index (χ4v) is 4.07. The first kappa shape index (κ1) is 14.4. The highest BCUT2D eigenvalue weighted by molar-refractivity contribution is 5.98. The zero-order valence-electron chi connectivity index (χ0n) is 13.2. The predicted octanol–water partition coefficient (Wildman–Crippen LogP) is 2.36. The van der Waals surface area contributed by atoms with Crippen LogP contribution in [0.2, 0.25) is 0 Å². The van der Waals surface area contributed by atoms with Gasteiger partial charge in [0.2, 0.25) is 0 Å². The van der Waals surface area contributed by atoms with Crippen LogP contribution in [0.4, 0.5) is 5.69 Å². The van der Waals surface area contributed by atoms with Gasteiger partial charge in [0.25, 0.3) is 5.91 Å². The van der Waals surface area contributed by atoms with Crippen LogP contribution >= 0.6 is 0 Å². The van der Waals surface area contributed by atoms with Crippen LogP contribution in [0.25, 0.3) is 0 Å². The molecule has 2 N–H and O–H groups in total. The molecule has 1 saturated heterocycles. The minimum Gasteiger partial charge on any atom is -0.395 e. The lowest BCUT2D eigenvalue weighted by atomic mass is 9.77. The van der Waals surface area contributed by atoms with Crippen molar-refractivity contribution in [2.24, 2.45) is 12.5 Å². The summed E-state index contributed by atoms with van der Waals surface area (Å²) >= 11 is 0. The fourth-order valence-electron chi connectivity index (χ4n) is 4.07. The Kier molecular flexibility index (Phi) is 3.68. The van der Waals surface area contributed by atoms with Crippen molar-refractivity contribution in [2.75, 3.05) is 18.8 Å². The highest BCUT2D eigenvalue weighted by Crippen LogP contribution is 2.46. The number of aromatic nitrogens is 2. The second-order valence-corrected chi connectivity index (χ2v) is 6.69. The molecule has 1 aliphatic carbocycles. The molecule has 1 spiro atoms. The smallest absolute Gasteiger partial charge is 0.274 e. The maximum atomic E-state index is 12.8. The van der Waals surface area contributed by atoms with E-state index in [9.17, 15) is 4.79 Å². The third kappa shape index (κ3) is 2.43. The van der Waals surface area contributed by atoms with E-state index in [1.54, 1.807) is 4.68 Å². The Morgan fingerprint density at radius 1 is 1.24 bits per heavy atom. The number of hydrogen-bond acceptors (Lipinski definition) is 3. The molecule has 116 valence electrons. The van der Waals surface area contributed by atoms with Crippen molar-refractivity contribution in [2.45, 2.75) is 51.9 Å². The van der Waals surface area contributed by atoms with Gasteiger partial charge < -0.3 is 10.6 Å². The summed E-state index contributed by atoms with van der Waals surface area (Å²) in [5, 5.41) is 4.36. The first-order chi connectivity index (χ1) is 10.1. The number of amides is 1. The second-order valence-electron chi connectivity index (χ2n) is 6.69. The topological polar surface area (TPSA) is 64.2 Å². The van der Waals surface area contributed by atoms with Gasteiger partial charge in [-0.05, 0) is 37.5 Å². The molecule has 0 atom stereocenters. The third-order valence-corrected chi connectivity index (χ3v) is 5.47. The van der Waals surface area contributed by atoms with E-state index < -0.39 is 0 Å². The number of rotatable bonds is 2. The van der Waals surface area contributed by atoms with Crippen LogP contribution in [0, 0.1) is 5.41 Å². The molecule has 1 aliphatic heterocycles. The number of carbonyl (C=O) groups is 1. The van der Waals surface area contributed by atoms with Gasteiger partial charge in [-0.1, -0.05) is 19.8 Å². The molecule has 3 rings (SSSR count). The normalized spacial score (nSPS) is 21.1. The summed E-state index contributed by atoms with van der Waals surface area (Å²) in [5.41, 5.74) is 8.59. The van der Waals surface area contributed by atoms with Gasteiger partial charge >= 0.3 is 0 Å². The van der Waals surface area contributed by atoms with Crippen LogP contribution in [0.15, 0.2) is 0 Å². The lowest BCUT2D eigenvalue weighted by Crippen LogP contribution is -2.43. The SMILES string of the molecule is CCc1nn(C)c(C(=O)N2CCC3(CCCC3)CC2)c1N. The lowest BCUT2D eigenvalue weighted by molar-refractivity contribution is 0.0578. The Labute approximate surface area is 126 Å². The van der Waals surface area contributed by atoms with E-state index in [1.165, 1.54) is 25.7 Å². The third-order valence-electron chi connectivity index (χ3n) is 5.47. The Hall–Kier alpha value is -1.52. The lowest BCUT2D eigenvalue weighted by Gasteiger charge is -2.39. The number of nitrogens with two attached hydrogens (primary N) is 1. The number of anilines is 1. The van der Waals surface area contributed by atoms with Gasteiger partial charge in [0.05, 0.1) is 11.4 Å². The molecule has 0 bridgehead atoms. The van der Waals surface area contributed by atoms with E-state index in [0.29, 0.717) is 16.8 Å². The number of piperidine rings is 1. The standard InChI is InChI=1S/C16H26N4O/c1-3-12-13(17)14(19(2)18-12)15(21)20-10-8-16(9-11-20)6-4-5-7-16/h3-11,17H2,1-2H3. The molecular formula is C16H26N4O. The van der Waals surface area contributed by atoms with Crippen LogP contribution in [-0.2, 0) is 13.5 Å². The van der Waals surface area contributed by atoms with Gasteiger partial charge in [0, 0.05) is 20.1 Å². The summed E-state index contributed by atoms with van der Waals surface area (Å²) < 4.78 is 1.65. The number of hydrogen-bond donors (Lipinski definition) is 1. The van der Waals surface area contributed by atoms with Crippen LogP contribution < -0.4 is 5.73 Å². The highest BCUT2D eigenvalue weighted by Gasteiger charge is 2.38. The van der Waals surface area contributed by atoms with Gasteiger partial charge in [0.15, 0.2) is 0 Å². The Balaban J connectivity index is 1.73. The van der Waals surface area contributed by atoms with E-state index in [0.717, 1.165) is 38.0 Å². The summed E-state index contributed by atoms with van der Waals surface area (Å²) in [5.74, 6) is 0.0510.